The predicted molar refractivity (Wildman–Crippen MR) is 92.2 cm³/mol. The molecular formula is C18H30N2O2. The van der Waals surface area contributed by atoms with E-state index in [-0.39, 0.29) is 12.6 Å². The molecule has 0 aromatic heterocycles. The van der Waals surface area contributed by atoms with Gasteiger partial charge in [0.2, 0.25) is 0 Å². The van der Waals surface area contributed by atoms with Crippen molar-refractivity contribution in [3.05, 3.63) is 29.8 Å². The summed E-state index contributed by atoms with van der Waals surface area (Å²) in [6.45, 7) is 9.29. The molecule has 0 aliphatic heterocycles. The highest BCUT2D eigenvalue weighted by Crippen LogP contribution is 2.23. The first kappa shape index (κ1) is 18.5. The second kappa shape index (κ2) is 9.46. The van der Waals surface area contributed by atoms with Crippen LogP contribution in [-0.2, 0) is 0 Å². The fourth-order valence-corrected chi connectivity index (χ4v) is 2.67. The van der Waals surface area contributed by atoms with E-state index in [1.54, 1.807) is 0 Å². The van der Waals surface area contributed by atoms with Gasteiger partial charge in [0.15, 0.2) is 0 Å². The average molecular weight is 306 g/mol. The van der Waals surface area contributed by atoms with Crippen LogP contribution in [0.3, 0.4) is 0 Å². The van der Waals surface area contributed by atoms with Crippen molar-refractivity contribution in [2.75, 3.05) is 18.5 Å². The first-order chi connectivity index (χ1) is 10.4. The van der Waals surface area contributed by atoms with Crippen molar-refractivity contribution in [1.29, 1.82) is 0 Å². The van der Waals surface area contributed by atoms with Crippen LogP contribution in [0.25, 0.3) is 0 Å². The Balaban J connectivity index is 2.55. The van der Waals surface area contributed by atoms with Crippen LogP contribution in [0.5, 0.6) is 0 Å². The van der Waals surface area contributed by atoms with Crippen molar-refractivity contribution >= 4 is 11.7 Å². The summed E-state index contributed by atoms with van der Waals surface area (Å²) in [5.41, 5.74) is 1.99. The molecule has 0 aliphatic carbocycles. The van der Waals surface area contributed by atoms with Crippen molar-refractivity contribution in [2.24, 2.45) is 11.8 Å². The molecule has 1 atom stereocenters. The third-order valence-electron chi connectivity index (χ3n) is 3.72. The van der Waals surface area contributed by atoms with Crippen molar-refractivity contribution in [1.82, 2.24) is 5.32 Å². The van der Waals surface area contributed by atoms with Gasteiger partial charge in [-0.3, -0.25) is 0 Å². The quantitative estimate of drug-likeness (QED) is 0.680. The van der Waals surface area contributed by atoms with E-state index in [0.717, 1.165) is 24.1 Å². The zero-order valence-electron chi connectivity index (χ0n) is 14.2. The van der Waals surface area contributed by atoms with Gasteiger partial charge in [-0.25, -0.2) is 4.79 Å². The van der Waals surface area contributed by atoms with Gasteiger partial charge in [-0.15, -0.1) is 0 Å². The van der Waals surface area contributed by atoms with Gasteiger partial charge in [0, 0.05) is 18.8 Å². The van der Waals surface area contributed by atoms with E-state index >= 15 is 0 Å². The van der Waals surface area contributed by atoms with Crippen LogP contribution < -0.4 is 10.6 Å². The second-order valence-corrected chi connectivity index (χ2v) is 6.58. The fraction of sp³-hybridized carbons (Fsp3) is 0.611. The number of nitrogens with one attached hydrogen (secondary N) is 2. The smallest absolute Gasteiger partial charge is 0.319 e. The van der Waals surface area contributed by atoms with Gasteiger partial charge in [0.1, 0.15) is 0 Å². The third kappa shape index (κ3) is 6.48. The summed E-state index contributed by atoms with van der Waals surface area (Å²) in [6, 6.07) is 7.69. The molecule has 0 radical (unpaired) electrons. The predicted octanol–water partition coefficient (Wildman–Crippen LogP) is 3.98. The number of urea groups is 1. The first-order valence-corrected chi connectivity index (χ1v) is 8.18. The van der Waals surface area contributed by atoms with Crippen molar-refractivity contribution in [2.45, 2.75) is 46.5 Å². The van der Waals surface area contributed by atoms with E-state index in [1.807, 2.05) is 24.3 Å². The molecule has 0 fully saturated rings. The van der Waals surface area contributed by atoms with Crippen molar-refractivity contribution in [3.63, 3.8) is 0 Å². The average Bonchev–Trinajstić information content (AvgIpc) is 2.45. The minimum atomic E-state index is -0.181. The lowest BCUT2D eigenvalue weighted by Gasteiger charge is -2.19. The van der Waals surface area contributed by atoms with Crippen molar-refractivity contribution < 1.29 is 9.90 Å². The number of benzene rings is 1. The Hall–Kier alpha value is -1.55. The topological polar surface area (TPSA) is 61.4 Å². The molecule has 22 heavy (non-hydrogen) atoms. The number of aliphatic hydroxyl groups excluding tert-OH is 1. The Bertz CT molecular complexity index is 458. The van der Waals surface area contributed by atoms with Gasteiger partial charge in [-0.05, 0) is 42.2 Å². The summed E-state index contributed by atoms with van der Waals surface area (Å²) in [5, 5.41) is 15.0. The number of aliphatic hydroxyl groups is 1. The Morgan fingerprint density at radius 1 is 1.18 bits per heavy atom. The van der Waals surface area contributed by atoms with Gasteiger partial charge in [-0.2, -0.15) is 0 Å². The number of rotatable bonds is 8. The summed E-state index contributed by atoms with van der Waals surface area (Å²) < 4.78 is 0. The summed E-state index contributed by atoms with van der Waals surface area (Å²) >= 11 is 0. The monoisotopic (exact) mass is 306 g/mol. The van der Waals surface area contributed by atoms with Gasteiger partial charge in [0.25, 0.3) is 0 Å². The summed E-state index contributed by atoms with van der Waals surface area (Å²) in [4.78, 5) is 12.1. The molecule has 1 aromatic carbocycles. The van der Waals surface area contributed by atoms with Crippen LogP contribution in [0.2, 0.25) is 0 Å². The minimum Gasteiger partial charge on any atom is -0.396 e. The normalized spacial score (nSPS) is 12.5. The van der Waals surface area contributed by atoms with Crippen molar-refractivity contribution in [3.8, 4) is 0 Å². The molecular weight excluding hydrogens is 276 g/mol. The molecule has 0 heterocycles. The van der Waals surface area contributed by atoms with Gasteiger partial charge < -0.3 is 15.7 Å². The van der Waals surface area contributed by atoms with E-state index in [4.69, 9.17) is 5.11 Å². The number of anilines is 1. The Morgan fingerprint density at radius 3 is 2.45 bits per heavy atom. The summed E-state index contributed by atoms with van der Waals surface area (Å²) in [6.07, 6.45) is 1.73. The number of carbonyl (C=O) groups is 1. The molecule has 0 spiro atoms. The molecule has 3 N–H and O–H groups in total. The highest BCUT2D eigenvalue weighted by molar-refractivity contribution is 5.90. The maximum absolute atomic E-state index is 12.1. The maximum Gasteiger partial charge on any atom is 0.319 e. The van der Waals surface area contributed by atoms with E-state index in [0.29, 0.717) is 24.3 Å². The van der Waals surface area contributed by atoms with E-state index < -0.39 is 0 Å². The van der Waals surface area contributed by atoms with Gasteiger partial charge >= 0.3 is 6.03 Å². The molecule has 0 saturated heterocycles. The van der Waals surface area contributed by atoms with E-state index in [2.05, 4.69) is 38.3 Å². The number of para-hydroxylation sites is 1. The standard InChI is InChI=1S/C18H30N2O2/c1-13(2)11-15(9-10-21)12-19-18(22)20-17-8-6-5-7-16(17)14(3)4/h5-8,13-15,21H,9-12H2,1-4H3,(H2,19,20,22). The molecule has 4 heteroatoms. The summed E-state index contributed by atoms with van der Waals surface area (Å²) in [7, 11) is 0. The molecule has 2 amide bonds. The SMILES string of the molecule is CC(C)CC(CCO)CNC(=O)Nc1ccccc1C(C)C. The number of amides is 2. The Morgan fingerprint density at radius 2 is 1.86 bits per heavy atom. The van der Waals surface area contributed by atoms with Gasteiger partial charge in [-0.1, -0.05) is 45.9 Å². The number of hydrogen-bond donors (Lipinski definition) is 3. The van der Waals surface area contributed by atoms with Crippen LogP contribution in [0.4, 0.5) is 10.5 Å². The summed E-state index contributed by atoms with van der Waals surface area (Å²) in [5.74, 6) is 1.23. The lowest BCUT2D eigenvalue weighted by Crippen LogP contribution is -2.34. The fourth-order valence-electron chi connectivity index (χ4n) is 2.67. The lowest BCUT2D eigenvalue weighted by atomic mass is 9.94. The molecule has 0 aliphatic rings. The molecule has 4 nitrogen and oxygen atoms in total. The van der Waals surface area contributed by atoms with Crippen LogP contribution in [0, 0.1) is 11.8 Å². The van der Waals surface area contributed by atoms with Crippen LogP contribution in [0.1, 0.15) is 52.0 Å². The maximum atomic E-state index is 12.1. The number of hydrogen-bond acceptors (Lipinski definition) is 2. The Kier molecular flexibility index (Phi) is 7.96. The molecule has 0 bridgehead atoms. The van der Waals surface area contributed by atoms with Crippen LogP contribution in [0.15, 0.2) is 24.3 Å². The zero-order chi connectivity index (χ0) is 16.5. The highest BCUT2D eigenvalue weighted by atomic mass is 16.3. The largest absolute Gasteiger partial charge is 0.396 e. The molecule has 1 unspecified atom stereocenters. The zero-order valence-corrected chi connectivity index (χ0v) is 14.2. The molecule has 1 rings (SSSR count). The van der Waals surface area contributed by atoms with E-state index in [9.17, 15) is 4.79 Å². The Labute approximate surface area is 134 Å². The second-order valence-electron chi connectivity index (χ2n) is 6.58. The minimum absolute atomic E-state index is 0.164. The molecule has 124 valence electrons. The van der Waals surface area contributed by atoms with Gasteiger partial charge in [0.05, 0.1) is 0 Å². The first-order valence-electron chi connectivity index (χ1n) is 8.18. The lowest BCUT2D eigenvalue weighted by molar-refractivity contribution is 0.231. The number of carbonyl (C=O) groups excluding carboxylic acids is 1. The van der Waals surface area contributed by atoms with E-state index in [1.165, 1.54) is 0 Å². The molecule has 0 saturated carbocycles. The molecule has 1 aromatic rings. The van der Waals surface area contributed by atoms with Crippen LogP contribution in [-0.4, -0.2) is 24.3 Å². The third-order valence-corrected chi connectivity index (χ3v) is 3.72. The van der Waals surface area contributed by atoms with Crippen LogP contribution >= 0.6 is 0 Å². The highest BCUT2D eigenvalue weighted by Gasteiger charge is 2.13.